The van der Waals surface area contributed by atoms with Gasteiger partial charge in [0, 0.05) is 25.5 Å². The van der Waals surface area contributed by atoms with Crippen LogP contribution in [0, 0.1) is 0 Å². The average Bonchev–Trinajstić information content (AvgIpc) is 3.10. The lowest BCUT2D eigenvalue weighted by Crippen LogP contribution is -2.03. The summed E-state index contributed by atoms with van der Waals surface area (Å²) >= 11 is 1.72. The van der Waals surface area contributed by atoms with Gasteiger partial charge in [-0.1, -0.05) is 11.8 Å². The van der Waals surface area contributed by atoms with Crippen molar-refractivity contribution < 1.29 is 9.84 Å². The number of aromatic nitrogens is 3. The Bertz CT molecular complexity index is 352. The molecular formula is C11H19N3O2S. The van der Waals surface area contributed by atoms with Crippen LogP contribution in [0.15, 0.2) is 5.16 Å². The van der Waals surface area contributed by atoms with E-state index in [9.17, 15) is 5.11 Å². The van der Waals surface area contributed by atoms with E-state index in [2.05, 4.69) is 14.8 Å². The molecule has 1 heterocycles. The zero-order valence-electron chi connectivity index (χ0n) is 10.1. The van der Waals surface area contributed by atoms with E-state index in [0.29, 0.717) is 11.9 Å². The molecule has 1 aliphatic carbocycles. The Morgan fingerprint density at radius 3 is 2.88 bits per heavy atom. The van der Waals surface area contributed by atoms with Crippen LogP contribution in [0.1, 0.15) is 37.5 Å². The lowest BCUT2D eigenvalue weighted by atomic mass is 10.4. The largest absolute Gasteiger partial charge is 0.388 e. The SMILES string of the molecule is COCCCCSc1nnc(CO)n1C1CC1. The number of nitrogens with zero attached hydrogens (tertiary/aromatic N) is 3. The van der Waals surface area contributed by atoms with E-state index in [4.69, 9.17) is 4.74 Å². The van der Waals surface area contributed by atoms with E-state index in [1.54, 1.807) is 18.9 Å². The number of hydrogen-bond acceptors (Lipinski definition) is 5. The van der Waals surface area contributed by atoms with E-state index in [1.807, 2.05) is 0 Å². The van der Waals surface area contributed by atoms with Crippen LogP contribution >= 0.6 is 11.8 Å². The molecule has 0 radical (unpaired) electrons. The molecule has 0 amide bonds. The van der Waals surface area contributed by atoms with Gasteiger partial charge in [0.2, 0.25) is 0 Å². The van der Waals surface area contributed by atoms with Crippen molar-refractivity contribution in [3.8, 4) is 0 Å². The molecule has 1 saturated carbocycles. The molecule has 0 spiro atoms. The number of hydrogen-bond donors (Lipinski definition) is 1. The Kier molecular flexibility index (Phi) is 4.82. The molecule has 1 aromatic rings. The van der Waals surface area contributed by atoms with Gasteiger partial charge in [0.05, 0.1) is 0 Å². The standard InChI is InChI=1S/C11H19N3O2S/c1-16-6-2-3-7-17-11-13-12-10(8-15)14(11)9-4-5-9/h9,15H,2-8H2,1H3. The van der Waals surface area contributed by atoms with Crippen molar-refractivity contribution in [3.63, 3.8) is 0 Å². The highest BCUT2D eigenvalue weighted by molar-refractivity contribution is 7.99. The number of thioether (sulfide) groups is 1. The maximum Gasteiger partial charge on any atom is 0.191 e. The smallest absolute Gasteiger partial charge is 0.191 e. The van der Waals surface area contributed by atoms with Gasteiger partial charge in [-0.3, -0.25) is 0 Å². The molecule has 0 unspecified atom stereocenters. The van der Waals surface area contributed by atoms with Crippen molar-refractivity contribution >= 4 is 11.8 Å². The van der Waals surface area contributed by atoms with Crippen molar-refractivity contribution in [2.45, 2.75) is 43.5 Å². The number of ether oxygens (including phenoxy) is 1. The lowest BCUT2D eigenvalue weighted by Gasteiger charge is -2.06. The molecule has 1 aliphatic rings. The predicted octanol–water partition coefficient (Wildman–Crippen LogP) is 1.62. The summed E-state index contributed by atoms with van der Waals surface area (Å²) in [7, 11) is 1.73. The van der Waals surface area contributed by atoms with Crippen LogP contribution < -0.4 is 0 Å². The highest BCUT2D eigenvalue weighted by Gasteiger charge is 2.29. The third-order valence-corrected chi connectivity index (χ3v) is 3.79. The summed E-state index contributed by atoms with van der Waals surface area (Å²) < 4.78 is 7.11. The van der Waals surface area contributed by atoms with Crippen LogP contribution in [0.3, 0.4) is 0 Å². The summed E-state index contributed by atoms with van der Waals surface area (Å²) in [6.45, 7) is 0.797. The molecule has 1 aromatic heterocycles. The van der Waals surface area contributed by atoms with Gasteiger partial charge in [0.25, 0.3) is 0 Å². The van der Waals surface area contributed by atoms with E-state index in [0.717, 1.165) is 30.4 Å². The molecule has 0 bridgehead atoms. The minimum absolute atomic E-state index is 0.0201. The van der Waals surface area contributed by atoms with Crippen molar-refractivity contribution in [3.05, 3.63) is 5.82 Å². The molecule has 17 heavy (non-hydrogen) atoms. The highest BCUT2D eigenvalue weighted by Crippen LogP contribution is 2.38. The van der Waals surface area contributed by atoms with Gasteiger partial charge in [0.15, 0.2) is 11.0 Å². The second-order valence-electron chi connectivity index (χ2n) is 4.21. The molecule has 96 valence electrons. The number of unbranched alkanes of at least 4 members (excludes halogenated alkanes) is 1. The van der Waals surface area contributed by atoms with Gasteiger partial charge in [-0.25, -0.2) is 0 Å². The molecule has 0 atom stereocenters. The molecular weight excluding hydrogens is 238 g/mol. The third kappa shape index (κ3) is 3.43. The van der Waals surface area contributed by atoms with Crippen LogP contribution in [-0.4, -0.2) is 39.3 Å². The maximum atomic E-state index is 9.20. The van der Waals surface area contributed by atoms with Gasteiger partial charge in [-0.15, -0.1) is 10.2 Å². The Morgan fingerprint density at radius 2 is 2.24 bits per heavy atom. The number of rotatable bonds is 8. The van der Waals surface area contributed by atoms with Gasteiger partial charge < -0.3 is 14.4 Å². The number of aliphatic hydroxyl groups is 1. The van der Waals surface area contributed by atoms with Gasteiger partial charge >= 0.3 is 0 Å². The number of methoxy groups -OCH3 is 1. The van der Waals surface area contributed by atoms with Gasteiger partial charge in [-0.2, -0.15) is 0 Å². The number of aliphatic hydroxyl groups excluding tert-OH is 1. The summed E-state index contributed by atoms with van der Waals surface area (Å²) in [5.74, 6) is 1.73. The summed E-state index contributed by atoms with van der Waals surface area (Å²) in [4.78, 5) is 0. The monoisotopic (exact) mass is 257 g/mol. The minimum atomic E-state index is -0.0201. The van der Waals surface area contributed by atoms with E-state index in [1.165, 1.54) is 12.8 Å². The van der Waals surface area contributed by atoms with Crippen LogP contribution in [-0.2, 0) is 11.3 Å². The molecule has 1 N–H and O–H groups in total. The first-order valence-electron chi connectivity index (χ1n) is 6.03. The Morgan fingerprint density at radius 1 is 1.41 bits per heavy atom. The van der Waals surface area contributed by atoms with Crippen molar-refractivity contribution in [1.29, 1.82) is 0 Å². The molecule has 0 aromatic carbocycles. The highest BCUT2D eigenvalue weighted by atomic mass is 32.2. The molecule has 5 nitrogen and oxygen atoms in total. The van der Waals surface area contributed by atoms with Crippen LogP contribution in [0.25, 0.3) is 0 Å². The summed E-state index contributed by atoms with van der Waals surface area (Å²) in [5, 5.41) is 18.3. The zero-order valence-corrected chi connectivity index (χ0v) is 10.9. The van der Waals surface area contributed by atoms with Crippen LogP contribution in [0.2, 0.25) is 0 Å². The first-order chi connectivity index (χ1) is 8.36. The maximum absolute atomic E-state index is 9.20. The normalized spacial score (nSPS) is 15.4. The fourth-order valence-corrected chi connectivity index (χ4v) is 2.75. The second kappa shape index (κ2) is 6.37. The minimum Gasteiger partial charge on any atom is -0.388 e. The zero-order chi connectivity index (χ0) is 12.1. The van der Waals surface area contributed by atoms with Crippen LogP contribution in [0.4, 0.5) is 0 Å². The fraction of sp³-hybridized carbons (Fsp3) is 0.818. The molecule has 6 heteroatoms. The Hall–Kier alpha value is -0.590. The van der Waals surface area contributed by atoms with Crippen molar-refractivity contribution in [1.82, 2.24) is 14.8 Å². The first kappa shape index (κ1) is 12.9. The molecule has 1 fully saturated rings. The molecule has 0 aliphatic heterocycles. The summed E-state index contributed by atoms with van der Waals surface area (Å²) in [6.07, 6.45) is 4.56. The quantitative estimate of drug-likeness (QED) is 0.566. The average molecular weight is 257 g/mol. The van der Waals surface area contributed by atoms with Gasteiger partial charge in [0.1, 0.15) is 6.61 Å². The Balaban J connectivity index is 1.85. The van der Waals surface area contributed by atoms with Crippen molar-refractivity contribution in [2.75, 3.05) is 19.5 Å². The molecule has 2 rings (SSSR count). The second-order valence-corrected chi connectivity index (χ2v) is 5.27. The molecule has 0 saturated heterocycles. The van der Waals surface area contributed by atoms with E-state index < -0.39 is 0 Å². The van der Waals surface area contributed by atoms with Crippen molar-refractivity contribution in [2.24, 2.45) is 0 Å². The van der Waals surface area contributed by atoms with Gasteiger partial charge in [-0.05, 0) is 25.7 Å². The summed E-state index contributed by atoms with van der Waals surface area (Å²) in [6, 6.07) is 0.522. The third-order valence-electron chi connectivity index (χ3n) is 2.76. The topological polar surface area (TPSA) is 60.2 Å². The predicted molar refractivity (Wildman–Crippen MR) is 66.0 cm³/mol. The lowest BCUT2D eigenvalue weighted by molar-refractivity contribution is 0.194. The Labute approximate surface area is 106 Å². The van der Waals surface area contributed by atoms with E-state index >= 15 is 0 Å². The van der Waals surface area contributed by atoms with Crippen LogP contribution in [0.5, 0.6) is 0 Å². The first-order valence-corrected chi connectivity index (χ1v) is 7.01. The van der Waals surface area contributed by atoms with E-state index in [-0.39, 0.29) is 6.61 Å². The summed E-state index contributed by atoms with van der Waals surface area (Å²) in [5.41, 5.74) is 0. The fourth-order valence-electron chi connectivity index (χ4n) is 1.73.